The zero-order valence-corrected chi connectivity index (χ0v) is 16.1. The fraction of sp³-hybridized carbons (Fsp3) is 0.333. The lowest BCUT2D eigenvalue weighted by molar-refractivity contribution is 0.434. The second kappa shape index (κ2) is 7.56. The number of phenolic OH excluding ortho intramolecular Hbond substituents is 2. The van der Waals surface area contributed by atoms with Crippen molar-refractivity contribution >= 4 is 11.3 Å². The molecular formula is C21H23N3O2S. The zero-order valence-electron chi connectivity index (χ0n) is 15.3. The number of aryl methyl sites for hydroxylation is 1. The van der Waals surface area contributed by atoms with Crippen LogP contribution in [-0.4, -0.2) is 26.0 Å². The maximum absolute atomic E-state index is 10.0. The smallest absolute Gasteiger partial charge is 0.203 e. The molecule has 0 bridgehead atoms. The van der Waals surface area contributed by atoms with Crippen molar-refractivity contribution in [2.75, 3.05) is 0 Å². The molecule has 0 spiro atoms. The summed E-state index contributed by atoms with van der Waals surface area (Å²) in [4.78, 5) is 5.82. The van der Waals surface area contributed by atoms with E-state index in [1.807, 2.05) is 29.9 Å². The Labute approximate surface area is 162 Å². The first kappa shape index (κ1) is 17.8. The first-order chi connectivity index (χ1) is 13.1. The van der Waals surface area contributed by atoms with Crippen LogP contribution < -0.4 is 4.80 Å². The Bertz CT molecular complexity index is 1020. The summed E-state index contributed by atoms with van der Waals surface area (Å²) >= 11 is 1.54. The maximum atomic E-state index is 10.0. The average Bonchev–Trinajstić information content (AvgIpc) is 3.03. The molecular weight excluding hydrogens is 358 g/mol. The second-order valence-corrected chi connectivity index (χ2v) is 7.97. The molecule has 2 N–H and O–H groups in total. The molecule has 2 aromatic carbocycles. The summed E-state index contributed by atoms with van der Waals surface area (Å²) in [5, 5.41) is 25.3. The predicted octanol–water partition coefficient (Wildman–Crippen LogP) is 4.46. The van der Waals surface area contributed by atoms with Crippen molar-refractivity contribution in [2.24, 2.45) is 12.0 Å². The van der Waals surface area contributed by atoms with Gasteiger partial charge in [0.15, 0.2) is 0 Å². The molecule has 1 aromatic heterocycles. The molecule has 0 atom stereocenters. The van der Waals surface area contributed by atoms with Crippen LogP contribution in [0.15, 0.2) is 47.5 Å². The molecule has 0 amide bonds. The minimum Gasteiger partial charge on any atom is -0.508 e. The minimum absolute atomic E-state index is 0.192. The highest BCUT2D eigenvalue weighted by Crippen LogP contribution is 2.36. The van der Waals surface area contributed by atoms with E-state index in [0.717, 1.165) is 39.3 Å². The molecule has 27 heavy (non-hydrogen) atoms. The van der Waals surface area contributed by atoms with Gasteiger partial charge in [-0.1, -0.05) is 42.7 Å². The second-order valence-electron chi connectivity index (χ2n) is 7.01. The van der Waals surface area contributed by atoms with Crippen LogP contribution in [0.2, 0.25) is 0 Å². The fourth-order valence-corrected chi connectivity index (χ4v) is 4.56. The first-order valence-corrected chi connectivity index (χ1v) is 10.1. The SMILES string of the molecule is Cn1nc(-c2cc(O)ccc2-c2cccc(O)c2)sc1=NC1CCCCC1. The summed E-state index contributed by atoms with van der Waals surface area (Å²) in [5.74, 6) is 0.404. The Morgan fingerprint density at radius 3 is 2.56 bits per heavy atom. The van der Waals surface area contributed by atoms with E-state index in [1.54, 1.807) is 24.3 Å². The zero-order chi connectivity index (χ0) is 18.8. The van der Waals surface area contributed by atoms with Crippen molar-refractivity contribution in [2.45, 2.75) is 38.1 Å². The summed E-state index contributed by atoms with van der Waals surface area (Å²) < 4.78 is 1.82. The fourth-order valence-electron chi connectivity index (χ4n) is 3.57. The van der Waals surface area contributed by atoms with Crippen LogP contribution in [0.3, 0.4) is 0 Å². The summed E-state index contributed by atoms with van der Waals surface area (Å²) in [5.41, 5.74) is 2.64. The van der Waals surface area contributed by atoms with Crippen LogP contribution in [0, 0.1) is 0 Å². The third-order valence-electron chi connectivity index (χ3n) is 4.96. The summed E-state index contributed by atoms with van der Waals surface area (Å²) in [7, 11) is 1.92. The summed E-state index contributed by atoms with van der Waals surface area (Å²) in [6.45, 7) is 0. The molecule has 4 rings (SSSR count). The summed E-state index contributed by atoms with van der Waals surface area (Å²) in [6.07, 6.45) is 6.10. The Balaban J connectivity index is 1.79. The molecule has 5 nitrogen and oxygen atoms in total. The van der Waals surface area contributed by atoms with Crippen molar-refractivity contribution in [3.05, 3.63) is 47.3 Å². The average molecular weight is 382 g/mol. The van der Waals surface area contributed by atoms with Gasteiger partial charge in [-0.25, -0.2) is 4.68 Å². The minimum atomic E-state index is 0.192. The Hall–Kier alpha value is -2.60. The van der Waals surface area contributed by atoms with Gasteiger partial charge < -0.3 is 10.2 Å². The lowest BCUT2D eigenvalue weighted by Crippen LogP contribution is -2.18. The normalized spacial score (nSPS) is 16.0. The van der Waals surface area contributed by atoms with E-state index in [4.69, 9.17) is 4.99 Å². The number of phenols is 2. The quantitative estimate of drug-likeness (QED) is 0.704. The molecule has 0 saturated heterocycles. The number of benzene rings is 2. The van der Waals surface area contributed by atoms with Crippen molar-refractivity contribution < 1.29 is 10.2 Å². The largest absolute Gasteiger partial charge is 0.508 e. The van der Waals surface area contributed by atoms with E-state index < -0.39 is 0 Å². The summed E-state index contributed by atoms with van der Waals surface area (Å²) in [6, 6.07) is 12.7. The van der Waals surface area contributed by atoms with E-state index in [0.29, 0.717) is 6.04 Å². The molecule has 1 heterocycles. The molecule has 0 unspecified atom stereocenters. The number of hydrogen-bond acceptors (Lipinski definition) is 5. The Morgan fingerprint density at radius 1 is 1.00 bits per heavy atom. The van der Waals surface area contributed by atoms with Crippen LogP contribution in [-0.2, 0) is 7.05 Å². The van der Waals surface area contributed by atoms with Gasteiger partial charge in [-0.2, -0.15) is 5.10 Å². The molecule has 6 heteroatoms. The first-order valence-electron chi connectivity index (χ1n) is 9.31. The van der Waals surface area contributed by atoms with E-state index in [2.05, 4.69) is 5.10 Å². The van der Waals surface area contributed by atoms with Gasteiger partial charge in [0.05, 0.1) is 6.04 Å². The number of aromatic hydroxyl groups is 2. The van der Waals surface area contributed by atoms with Gasteiger partial charge in [0.2, 0.25) is 4.80 Å². The van der Waals surface area contributed by atoms with E-state index in [-0.39, 0.29) is 11.5 Å². The van der Waals surface area contributed by atoms with E-state index in [1.165, 1.54) is 30.6 Å². The van der Waals surface area contributed by atoms with Crippen molar-refractivity contribution in [3.8, 4) is 33.2 Å². The highest BCUT2D eigenvalue weighted by atomic mass is 32.1. The van der Waals surface area contributed by atoms with Gasteiger partial charge >= 0.3 is 0 Å². The van der Waals surface area contributed by atoms with Gasteiger partial charge in [0, 0.05) is 12.6 Å². The number of rotatable bonds is 3. The molecule has 140 valence electrons. The molecule has 1 fully saturated rings. The third kappa shape index (κ3) is 3.90. The van der Waals surface area contributed by atoms with Crippen molar-refractivity contribution in [1.82, 2.24) is 9.78 Å². The number of nitrogens with zero attached hydrogens (tertiary/aromatic N) is 3. The molecule has 0 radical (unpaired) electrons. The highest BCUT2D eigenvalue weighted by molar-refractivity contribution is 7.12. The Kier molecular flexibility index (Phi) is 4.99. The predicted molar refractivity (Wildman–Crippen MR) is 108 cm³/mol. The Morgan fingerprint density at radius 2 is 1.78 bits per heavy atom. The van der Waals surface area contributed by atoms with Crippen LogP contribution in [0.4, 0.5) is 0 Å². The van der Waals surface area contributed by atoms with Gasteiger partial charge in [0.1, 0.15) is 16.5 Å². The number of aromatic nitrogens is 2. The molecule has 1 aliphatic rings. The molecule has 1 saturated carbocycles. The maximum Gasteiger partial charge on any atom is 0.203 e. The highest BCUT2D eigenvalue weighted by Gasteiger charge is 2.16. The number of hydrogen-bond donors (Lipinski definition) is 2. The standard InChI is InChI=1S/C21H23N3O2S/c1-24-21(22-15-7-3-2-4-8-15)27-20(23-24)19-13-17(26)10-11-18(19)14-6-5-9-16(25)12-14/h5-6,9-13,15,25-26H,2-4,7-8H2,1H3. The van der Waals surface area contributed by atoms with Crippen LogP contribution in [0.25, 0.3) is 21.7 Å². The van der Waals surface area contributed by atoms with E-state index in [9.17, 15) is 10.2 Å². The molecule has 3 aromatic rings. The van der Waals surface area contributed by atoms with Gasteiger partial charge in [-0.05, 0) is 54.3 Å². The van der Waals surface area contributed by atoms with E-state index >= 15 is 0 Å². The van der Waals surface area contributed by atoms with Crippen LogP contribution in [0.5, 0.6) is 11.5 Å². The topological polar surface area (TPSA) is 70.6 Å². The van der Waals surface area contributed by atoms with Crippen LogP contribution >= 0.6 is 11.3 Å². The van der Waals surface area contributed by atoms with Crippen molar-refractivity contribution in [1.29, 1.82) is 0 Å². The third-order valence-corrected chi connectivity index (χ3v) is 6.01. The van der Waals surface area contributed by atoms with Gasteiger partial charge in [-0.15, -0.1) is 0 Å². The van der Waals surface area contributed by atoms with Crippen molar-refractivity contribution in [3.63, 3.8) is 0 Å². The monoisotopic (exact) mass is 381 g/mol. The lowest BCUT2D eigenvalue weighted by Gasteiger charge is -2.16. The van der Waals surface area contributed by atoms with Gasteiger partial charge in [-0.3, -0.25) is 4.99 Å². The van der Waals surface area contributed by atoms with Gasteiger partial charge in [0.25, 0.3) is 0 Å². The molecule has 0 aliphatic heterocycles. The van der Waals surface area contributed by atoms with Crippen LogP contribution in [0.1, 0.15) is 32.1 Å². The molecule has 1 aliphatic carbocycles. The lowest BCUT2D eigenvalue weighted by atomic mass is 9.96.